The van der Waals surface area contributed by atoms with Crippen LogP contribution in [0.25, 0.3) is 5.69 Å². The normalized spacial score (nSPS) is 36.7. The molecule has 4 heterocycles. The first-order valence-electron chi connectivity index (χ1n) is 25.8. The molecule has 14 nitrogen and oxygen atoms in total. The Kier molecular flexibility index (Phi) is 20.1. The molecule has 3 aliphatic rings. The Bertz CT molecular complexity index is 2150. The average Bonchev–Trinajstić information content (AvgIpc) is 3.31. The molecule has 0 radical (unpaired) electrons. The Hall–Kier alpha value is -3.49. The lowest BCUT2D eigenvalue weighted by atomic mass is 9.69. The van der Waals surface area contributed by atoms with E-state index in [0.29, 0.717) is 12.8 Å². The second kappa shape index (κ2) is 24.5. The highest BCUT2D eigenvalue weighted by molar-refractivity contribution is 5.83. The molecule has 3 aliphatic heterocycles. The van der Waals surface area contributed by atoms with Crippen LogP contribution in [0.4, 0.5) is 0 Å². The van der Waals surface area contributed by atoms with Crippen molar-refractivity contribution in [1.29, 1.82) is 0 Å². The fraction of sp³-hybridized carbons (Fsp3) is 0.732. The number of aliphatic hydroxyl groups is 3. The standard InChI is InChI=1S/C56H86N2O12/c1-15-44-56(12,64)50(61)37(5)48(60)35(3)31-54(9,10)52(38(6)49(39(7)53(63)68-44)69-47-32-55(11,65-14)51(62)40(8)67-47)70-46-30-43(29-36(4)66-46)57(13)28-20-18-16-17-19-21-41-23-25-42(26-24-41)58-33-34(2)22-27-45(58)59/h22-27,33,35-40,43-44,46-47,49-52,61-62,64H,15-18,20,28-32H2,1-14H3/t35-,36-,37?,38+,39-,40+,43+,44?,46?,47?,49-,50-,51+,52-,55-,56-/m1/s1. The van der Waals surface area contributed by atoms with Crippen LogP contribution in [-0.2, 0) is 38.0 Å². The summed E-state index contributed by atoms with van der Waals surface area (Å²) in [5, 5.41) is 34.4. The number of carbonyl (C=O) groups is 2. The Balaban J connectivity index is 1.32. The van der Waals surface area contributed by atoms with Crippen molar-refractivity contribution in [2.45, 2.75) is 213 Å². The smallest absolute Gasteiger partial charge is 0.311 e. The molecule has 4 unspecified atom stereocenters. The maximum absolute atomic E-state index is 14.4. The van der Waals surface area contributed by atoms with Gasteiger partial charge in [0, 0.05) is 73.7 Å². The van der Waals surface area contributed by atoms with Crippen LogP contribution in [0.5, 0.6) is 0 Å². The number of benzene rings is 1. The highest BCUT2D eigenvalue weighted by Gasteiger charge is 2.52. The van der Waals surface area contributed by atoms with Gasteiger partial charge in [0.1, 0.15) is 23.6 Å². The SMILES string of the molecule is CCC1OC(=O)[C@H](C)[C@H](OC2C[C@@](C)(OC)[C@@H](O)[C@H](C)O2)[C@H](C)[C@@H](OC2C[C@@H](N(C)CCCCCC#Cc3ccc(-n4cc(C)ccc4=O)cc3)C[C@@H](C)O2)C(C)(C)C[C@@H](C)C(=O)C(C)[C@@H](O)[C@]1(C)O. The maximum Gasteiger partial charge on any atom is 0.311 e. The largest absolute Gasteiger partial charge is 0.459 e. The second-order valence-electron chi connectivity index (χ2n) is 22.1. The van der Waals surface area contributed by atoms with E-state index in [-0.39, 0.29) is 36.3 Å². The second-order valence-corrected chi connectivity index (χ2v) is 22.1. The molecule has 1 aromatic heterocycles. The van der Waals surface area contributed by atoms with Gasteiger partial charge in [-0.1, -0.05) is 65.9 Å². The molecule has 5 rings (SSSR count). The van der Waals surface area contributed by atoms with Crippen LogP contribution in [0.3, 0.4) is 0 Å². The number of ketones is 1. The van der Waals surface area contributed by atoms with Crippen LogP contribution in [0, 0.1) is 47.9 Å². The summed E-state index contributed by atoms with van der Waals surface area (Å²) in [6.07, 6.45) is 0.460. The molecule has 3 N–H and O–H groups in total. The summed E-state index contributed by atoms with van der Waals surface area (Å²) in [4.78, 5) is 43.3. The first kappa shape index (κ1) is 57.4. The van der Waals surface area contributed by atoms with Gasteiger partial charge in [-0.15, -0.1) is 0 Å². The monoisotopic (exact) mass is 979 g/mol. The number of Topliss-reactive ketones (excluding diaryl/α,β-unsaturated/α-hetero) is 1. The molecular formula is C56H86N2O12. The van der Waals surface area contributed by atoms with Gasteiger partial charge in [0.25, 0.3) is 5.56 Å². The fourth-order valence-electron chi connectivity index (χ4n) is 11.2. The predicted octanol–water partition coefficient (Wildman–Crippen LogP) is 7.53. The van der Waals surface area contributed by atoms with Crippen LogP contribution < -0.4 is 5.56 Å². The zero-order chi connectivity index (χ0) is 51.9. The molecule has 0 saturated carbocycles. The Morgan fingerprint density at radius 2 is 1.53 bits per heavy atom. The average molecular weight is 979 g/mol. The van der Waals surface area contributed by atoms with E-state index in [1.165, 1.54) is 14.0 Å². The number of hydrogen-bond donors (Lipinski definition) is 3. The molecule has 0 amide bonds. The summed E-state index contributed by atoms with van der Waals surface area (Å²) in [6, 6.07) is 11.3. The fourth-order valence-corrected chi connectivity index (χ4v) is 11.2. The van der Waals surface area contributed by atoms with Gasteiger partial charge in [0.15, 0.2) is 12.6 Å². The van der Waals surface area contributed by atoms with Crippen molar-refractivity contribution in [1.82, 2.24) is 9.47 Å². The summed E-state index contributed by atoms with van der Waals surface area (Å²) in [6.45, 7) is 22.9. The van der Waals surface area contributed by atoms with Crippen LogP contribution in [0.2, 0.25) is 0 Å². The number of rotatable bonds is 13. The van der Waals surface area contributed by atoms with Crippen molar-refractivity contribution >= 4 is 11.8 Å². The molecular weight excluding hydrogens is 893 g/mol. The molecule has 0 spiro atoms. The Morgan fingerprint density at radius 3 is 2.19 bits per heavy atom. The number of ether oxygens (including phenoxy) is 6. The number of aromatic nitrogens is 1. The zero-order valence-electron chi connectivity index (χ0n) is 44.6. The summed E-state index contributed by atoms with van der Waals surface area (Å²) < 4.78 is 40.5. The summed E-state index contributed by atoms with van der Waals surface area (Å²) in [5.41, 5.74) is -0.976. The number of nitrogens with zero attached hydrogens (tertiary/aromatic N) is 2. The van der Waals surface area contributed by atoms with E-state index < -0.39 is 95.5 Å². The molecule has 14 heteroatoms. The van der Waals surface area contributed by atoms with E-state index in [1.807, 2.05) is 57.3 Å². The van der Waals surface area contributed by atoms with E-state index in [4.69, 9.17) is 28.4 Å². The molecule has 3 saturated heterocycles. The van der Waals surface area contributed by atoms with Crippen molar-refractivity contribution in [2.24, 2.45) is 29.1 Å². The first-order chi connectivity index (χ1) is 32.8. The van der Waals surface area contributed by atoms with Crippen LogP contribution in [0.15, 0.2) is 47.4 Å². The van der Waals surface area contributed by atoms with E-state index in [9.17, 15) is 29.7 Å². The maximum atomic E-state index is 14.4. The van der Waals surface area contributed by atoms with E-state index in [1.54, 1.807) is 45.3 Å². The third-order valence-corrected chi connectivity index (χ3v) is 15.7. The van der Waals surface area contributed by atoms with Crippen molar-refractivity contribution in [3.8, 4) is 17.5 Å². The summed E-state index contributed by atoms with van der Waals surface area (Å²) in [5.74, 6) is 2.80. The lowest BCUT2D eigenvalue weighted by molar-refractivity contribution is -0.305. The minimum absolute atomic E-state index is 0.0680. The quantitative estimate of drug-likeness (QED) is 0.102. The first-order valence-corrected chi connectivity index (χ1v) is 25.8. The minimum Gasteiger partial charge on any atom is -0.459 e. The van der Waals surface area contributed by atoms with E-state index in [2.05, 4.69) is 44.6 Å². The Morgan fingerprint density at radius 1 is 0.843 bits per heavy atom. The topological polar surface area (TPSA) is 175 Å². The third kappa shape index (κ3) is 14.0. The van der Waals surface area contributed by atoms with Crippen molar-refractivity contribution < 1.29 is 53.3 Å². The Labute approximate surface area is 418 Å². The number of carbonyl (C=O) groups excluding carboxylic acids is 2. The highest BCUT2D eigenvalue weighted by Crippen LogP contribution is 2.44. The highest BCUT2D eigenvalue weighted by atomic mass is 16.7. The number of esters is 1. The van der Waals surface area contributed by atoms with Gasteiger partial charge in [0.05, 0.1) is 42.0 Å². The molecule has 16 atom stereocenters. The number of methoxy groups -OCH3 is 1. The zero-order valence-corrected chi connectivity index (χ0v) is 44.6. The van der Waals surface area contributed by atoms with E-state index in [0.717, 1.165) is 55.5 Å². The number of aliphatic hydroxyl groups excluding tert-OH is 2. The molecule has 3 fully saturated rings. The number of unbranched alkanes of at least 4 members (excludes halogenated alkanes) is 3. The van der Waals surface area contributed by atoms with Gasteiger partial charge >= 0.3 is 5.97 Å². The number of cyclic esters (lactones) is 1. The molecule has 70 heavy (non-hydrogen) atoms. The molecule has 1 aromatic carbocycles. The number of hydrogen-bond acceptors (Lipinski definition) is 13. The predicted molar refractivity (Wildman–Crippen MR) is 269 cm³/mol. The van der Waals surface area contributed by atoms with Gasteiger partial charge in [-0.05, 0) is 122 Å². The van der Waals surface area contributed by atoms with Gasteiger partial charge in [-0.25, -0.2) is 0 Å². The van der Waals surface area contributed by atoms with Crippen molar-refractivity contribution in [3.05, 3.63) is 64.1 Å². The molecule has 2 aromatic rings. The molecule has 0 aliphatic carbocycles. The van der Waals surface area contributed by atoms with Crippen LogP contribution in [-0.4, -0.2) is 130 Å². The van der Waals surface area contributed by atoms with Crippen LogP contribution >= 0.6 is 0 Å². The third-order valence-electron chi connectivity index (χ3n) is 15.7. The lowest BCUT2D eigenvalue weighted by Gasteiger charge is -2.49. The van der Waals surface area contributed by atoms with Crippen LogP contribution in [0.1, 0.15) is 145 Å². The van der Waals surface area contributed by atoms with Crippen molar-refractivity contribution in [2.75, 3.05) is 20.7 Å². The van der Waals surface area contributed by atoms with Gasteiger partial charge in [0.2, 0.25) is 0 Å². The number of aryl methyl sites for hydroxylation is 1. The van der Waals surface area contributed by atoms with Gasteiger partial charge < -0.3 is 48.6 Å². The van der Waals surface area contributed by atoms with Gasteiger partial charge in [-0.2, -0.15) is 0 Å². The molecule has 392 valence electrons. The van der Waals surface area contributed by atoms with Gasteiger partial charge in [-0.3, -0.25) is 19.0 Å². The van der Waals surface area contributed by atoms with Crippen molar-refractivity contribution in [3.63, 3.8) is 0 Å². The lowest BCUT2D eigenvalue weighted by Crippen LogP contribution is -2.59. The molecule has 0 bridgehead atoms. The number of pyridine rings is 1. The summed E-state index contributed by atoms with van der Waals surface area (Å²) in [7, 11) is 3.69. The minimum atomic E-state index is -1.93. The van der Waals surface area contributed by atoms with E-state index >= 15 is 0 Å². The summed E-state index contributed by atoms with van der Waals surface area (Å²) >= 11 is 0.